The van der Waals surface area contributed by atoms with Gasteiger partial charge < -0.3 is 5.32 Å². The summed E-state index contributed by atoms with van der Waals surface area (Å²) >= 11 is 0. The molecule has 4 atom stereocenters. The van der Waals surface area contributed by atoms with Crippen LogP contribution in [-0.2, 0) is 0 Å². The lowest BCUT2D eigenvalue weighted by Gasteiger charge is -2.39. The molecule has 1 aliphatic heterocycles. The summed E-state index contributed by atoms with van der Waals surface area (Å²) in [5, 5.41) is 3.92. The van der Waals surface area contributed by atoms with Crippen molar-refractivity contribution in [3.8, 4) is 0 Å². The SMILES string of the molecule is CC1CC2(C)CC(C)(C1)C(c1ccccc1)N2.Cl. The summed E-state index contributed by atoms with van der Waals surface area (Å²) in [4.78, 5) is 0. The fraction of sp³-hybridized carbons (Fsp3) is 0.625. The number of hydrogen-bond donors (Lipinski definition) is 1. The first-order valence-corrected chi connectivity index (χ1v) is 6.83. The van der Waals surface area contributed by atoms with Crippen molar-refractivity contribution in [2.45, 2.75) is 51.6 Å². The molecular weight excluding hydrogens is 242 g/mol. The average Bonchev–Trinajstić information content (AvgIpc) is 2.45. The van der Waals surface area contributed by atoms with Crippen molar-refractivity contribution in [2.24, 2.45) is 11.3 Å². The van der Waals surface area contributed by atoms with Gasteiger partial charge in [-0.1, -0.05) is 44.2 Å². The summed E-state index contributed by atoms with van der Waals surface area (Å²) in [6, 6.07) is 11.5. The Labute approximate surface area is 117 Å². The van der Waals surface area contributed by atoms with Crippen molar-refractivity contribution >= 4 is 12.4 Å². The second kappa shape index (κ2) is 4.54. The van der Waals surface area contributed by atoms with E-state index in [1.807, 2.05) is 0 Å². The second-order valence-corrected chi connectivity index (χ2v) is 6.89. The van der Waals surface area contributed by atoms with E-state index in [1.54, 1.807) is 0 Å². The first-order chi connectivity index (χ1) is 8.01. The Morgan fingerprint density at radius 1 is 1.11 bits per heavy atom. The highest BCUT2D eigenvalue weighted by molar-refractivity contribution is 5.85. The van der Waals surface area contributed by atoms with Gasteiger partial charge in [-0.2, -0.15) is 0 Å². The lowest BCUT2D eigenvalue weighted by molar-refractivity contribution is 0.157. The minimum absolute atomic E-state index is 0. The fourth-order valence-electron chi connectivity index (χ4n) is 4.66. The minimum atomic E-state index is 0. The van der Waals surface area contributed by atoms with Crippen LogP contribution in [0.5, 0.6) is 0 Å². The molecular formula is C16H24ClN. The van der Waals surface area contributed by atoms with Crippen LogP contribution >= 0.6 is 12.4 Å². The first kappa shape index (κ1) is 13.9. The van der Waals surface area contributed by atoms with Crippen molar-refractivity contribution in [1.82, 2.24) is 5.32 Å². The molecule has 1 heterocycles. The molecule has 4 unspecified atom stereocenters. The van der Waals surface area contributed by atoms with Crippen LogP contribution in [0.1, 0.15) is 51.6 Å². The van der Waals surface area contributed by atoms with Crippen LogP contribution in [0.4, 0.5) is 0 Å². The van der Waals surface area contributed by atoms with E-state index in [4.69, 9.17) is 0 Å². The molecule has 2 bridgehead atoms. The van der Waals surface area contributed by atoms with Crippen molar-refractivity contribution < 1.29 is 0 Å². The van der Waals surface area contributed by atoms with E-state index in [-0.39, 0.29) is 12.4 Å². The van der Waals surface area contributed by atoms with E-state index in [1.165, 1.54) is 24.8 Å². The van der Waals surface area contributed by atoms with Crippen molar-refractivity contribution in [3.63, 3.8) is 0 Å². The Hall–Kier alpha value is -0.530. The Kier molecular flexibility index (Phi) is 3.50. The van der Waals surface area contributed by atoms with Gasteiger partial charge in [0.2, 0.25) is 0 Å². The van der Waals surface area contributed by atoms with Gasteiger partial charge in [-0.3, -0.25) is 0 Å². The monoisotopic (exact) mass is 265 g/mol. The standard InChI is InChI=1S/C16H23N.ClH/c1-12-9-15(2)11-16(3,10-12)17-14(15)13-7-5-4-6-8-13;/h4-8,12,14,17H,9-11H2,1-3H3;1H. The molecule has 1 aromatic carbocycles. The maximum absolute atomic E-state index is 3.92. The molecule has 2 aliphatic rings. The van der Waals surface area contributed by atoms with E-state index in [9.17, 15) is 0 Å². The summed E-state index contributed by atoms with van der Waals surface area (Å²) < 4.78 is 0. The summed E-state index contributed by atoms with van der Waals surface area (Å²) in [6.45, 7) is 7.28. The molecule has 0 amide bonds. The number of fused-ring (bicyclic) bond motifs is 2. The molecule has 2 fully saturated rings. The number of halogens is 1. The average molecular weight is 266 g/mol. The molecule has 2 heteroatoms. The predicted molar refractivity (Wildman–Crippen MR) is 79.1 cm³/mol. The molecule has 100 valence electrons. The van der Waals surface area contributed by atoms with Crippen LogP contribution < -0.4 is 5.32 Å². The van der Waals surface area contributed by atoms with Crippen LogP contribution in [0.3, 0.4) is 0 Å². The summed E-state index contributed by atoms with van der Waals surface area (Å²) in [5.41, 5.74) is 2.26. The van der Waals surface area contributed by atoms with E-state index in [0.717, 1.165) is 5.92 Å². The summed E-state index contributed by atoms with van der Waals surface area (Å²) in [7, 11) is 0. The molecule has 0 spiro atoms. The zero-order valence-electron chi connectivity index (χ0n) is 11.6. The maximum atomic E-state index is 3.92. The van der Waals surface area contributed by atoms with Gasteiger partial charge in [-0.25, -0.2) is 0 Å². The molecule has 1 aromatic rings. The van der Waals surface area contributed by atoms with Crippen LogP contribution in [0.15, 0.2) is 30.3 Å². The van der Waals surface area contributed by atoms with Crippen molar-refractivity contribution in [3.05, 3.63) is 35.9 Å². The van der Waals surface area contributed by atoms with E-state index in [2.05, 4.69) is 56.4 Å². The molecule has 0 aromatic heterocycles. The van der Waals surface area contributed by atoms with E-state index < -0.39 is 0 Å². The fourth-order valence-corrected chi connectivity index (χ4v) is 4.66. The topological polar surface area (TPSA) is 12.0 Å². The molecule has 1 aliphatic carbocycles. The van der Waals surface area contributed by atoms with Gasteiger partial charge in [0, 0.05) is 11.6 Å². The van der Waals surface area contributed by atoms with Gasteiger partial charge >= 0.3 is 0 Å². The van der Waals surface area contributed by atoms with Crippen molar-refractivity contribution in [1.29, 1.82) is 0 Å². The zero-order valence-corrected chi connectivity index (χ0v) is 12.4. The highest BCUT2D eigenvalue weighted by Crippen LogP contribution is 2.56. The normalized spacial score (nSPS) is 42.4. The van der Waals surface area contributed by atoms with Crippen LogP contribution in [0, 0.1) is 11.3 Å². The van der Waals surface area contributed by atoms with Gasteiger partial charge in [0.05, 0.1) is 0 Å². The third-order valence-electron chi connectivity index (χ3n) is 4.73. The third-order valence-corrected chi connectivity index (χ3v) is 4.73. The number of nitrogens with one attached hydrogen (secondary N) is 1. The maximum Gasteiger partial charge on any atom is 0.0379 e. The highest BCUT2D eigenvalue weighted by atomic mass is 35.5. The Balaban J connectivity index is 0.00000120. The third kappa shape index (κ3) is 2.19. The lowest BCUT2D eigenvalue weighted by Crippen LogP contribution is -2.39. The zero-order chi connectivity index (χ0) is 12.1. The molecule has 3 rings (SSSR count). The summed E-state index contributed by atoms with van der Waals surface area (Å²) in [6.07, 6.45) is 4.00. The van der Waals surface area contributed by atoms with Gasteiger partial charge in [0.25, 0.3) is 0 Å². The van der Waals surface area contributed by atoms with Gasteiger partial charge in [0.15, 0.2) is 0 Å². The number of benzene rings is 1. The largest absolute Gasteiger partial charge is 0.304 e. The Morgan fingerprint density at radius 3 is 2.44 bits per heavy atom. The second-order valence-electron chi connectivity index (χ2n) is 6.89. The van der Waals surface area contributed by atoms with Gasteiger partial charge in [-0.05, 0) is 43.1 Å². The van der Waals surface area contributed by atoms with Crippen molar-refractivity contribution in [2.75, 3.05) is 0 Å². The van der Waals surface area contributed by atoms with Gasteiger partial charge in [-0.15, -0.1) is 12.4 Å². The first-order valence-electron chi connectivity index (χ1n) is 6.83. The van der Waals surface area contributed by atoms with Crippen LogP contribution in [-0.4, -0.2) is 5.54 Å². The molecule has 1 saturated heterocycles. The summed E-state index contributed by atoms with van der Waals surface area (Å²) in [5.74, 6) is 0.847. The number of hydrogen-bond acceptors (Lipinski definition) is 1. The highest BCUT2D eigenvalue weighted by Gasteiger charge is 2.53. The molecule has 1 nitrogen and oxygen atoms in total. The Bertz CT molecular complexity index is 418. The van der Waals surface area contributed by atoms with Crippen LogP contribution in [0.25, 0.3) is 0 Å². The quantitative estimate of drug-likeness (QED) is 0.797. The van der Waals surface area contributed by atoms with E-state index >= 15 is 0 Å². The molecule has 1 saturated carbocycles. The minimum Gasteiger partial charge on any atom is -0.304 e. The molecule has 0 radical (unpaired) electrons. The molecule has 1 N–H and O–H groups in total. The number of rotatable bonds is 1. The van der Waals surface area contributed by atoms with Crippen LogP contribution in [0.2, 0.25) is 0 Å². The Morgan fingerprint density at radius 2 is 1.78 bits per heavy atom. The predicted octanol–water partition coefficient (Wildman–Crippen LogP) is 4.34. The van der Waals surface area contributed by atoms with E-state index in [0.29, 0.717) is 17.0 Å². The smallest absolute Gasteiger partial charge is 0.0379 e. The van der Waals surface area contributed by atoms with Gasteiger partial charge in [0.1, 0.15) is 0 Å². The molecule has 18 heavy (non-hydrogen) atoms. The lowest BCUT2D eigenvalue weighted by atomic mass is 9.65.